The molecule has 1 unspecified atom stereocenters. The van der Waals surface area contributed by atoms with Crippen LogP contribution in [0.25, 0.3) is 0 Å². The summed E-state index contributed by atoms with van der Waals surface area (Å²) in [5.74, 6) is -1.07. The summed E-state index contributed by atoms with van der Waals surface area (Å²) in [6.45, 7) is 1.86. The summed E-state index contributed by atoms with van der Waals surface area (Å²) in [4.78, 5) is 19.8. The average Bonchev–Trinajstić information content (AvgIpc) is 2.69. The van der Waals surface area contributed by atoms with Crippen LogP contribution < -0.4 is 5.32 Å². The molecular formula is C13H10FN3O2S. The lowest BCUT2D eigenvalue weighted by molar-refractivity contribution is -0.123. The maximum absolute atomic E-state index is 14.0. The zero-order valence-corrected chi connectivity index (χ0v) is 11.2. The molecule has 3 rings (SSSR count). The highest BCUT2D eigenvalue weighted by molar-refractivity contribution is 7.99. The van der Waals surface area contributed by atoms with E-state index in [0.717, 1.165) is 23.4 Å². The van der Waals surface area contributed by atoms with Gasteiger partial charge in [0.2, 0.25) is 0 Å². The van der Waals surface area contributed by atoms with Crippen molar-refractivity contribution in [2.24, 2.45) is 0 Å². The van der Waals surface area contributed by atoms with E-state index in [1.807, 2.05) is 6.92 Å². The van der Waals surface area contributed by atoms with Crippen molar-refractivity contribution in [3.63, 3.8) is 0 Å². The molecule has 0 saturated heterocycles. The van der Waals surface area contributed by atoms with E-state index in [0.29, 0.717) is 15.7 Å². The smallest absolute Gasteiger partial charge is 0.257 e. The monoisotopic (exact) mass is 291 g/mol. The van der Waals surface area contributed by atoms with E-state index in [2.05, 4.69) is 15.3 Å². The molecule has 1 aromatic heterocycles. The SMILES string of the molecule is Cc1cnc(Sc2cc3c(cc2F)C(O)C(=O)N3)nc1. The van der Waals surface area contributed by atoms with Gasteiger partial charge in [-0.1, -0.05) is 0 Å². The number of aliphatic hydroxyl groups excluding tert-OH is 1. The number of anilines is 1. The molecule has 20 heavy (non-hydrogen) atoms. The Bertz CT molecular complexity index is 691. The van der Waals surface area contributed by atoms with E-state index in [1.54, 1.807) is 12.4 Å². The molecule has 5 nitrogen and oxygen atoms in total. The number of carbonyl (C=O) groups excluding carboxylic acids is 1. The molecule has 1 aliphatic rings. The van der Waals surface area contributed by atoms with Crippen molar-refractivity contribution < 1.29 is 14.3 Å². The van der Waals surface area contributed by atoms with Crippen molar-refractivity contribution in [1.82, 2.24) is 9.97 Å². The van der Waals surface area contributed by atoms with Gasteiger partial charge in [0.25, 0.3) is 5.91 Å². The number of aliphatic hydroxyl groups is 1. The molecule has 1 aromatic carbocycles. The number of nitrogens with one attached hydrogen (secondary N) is 1. The van der Waals surface area contributed by atoms with Gasteiger partial charge in [-0.05, 0) is 36.4 Å². The normalized spacial score (nSPS) is 16.9. The summed E-state index contributed by atoms with van der Waals surface area (Å²) in [7, 11) is 0. The number of aryl methyl sites for hydroxylation is 1. The predicted molar refractivity (Wildman–Crippen MR) is 70.9 cm³/mol. The van der Waals surface area contributed by atoms with Crippen LogP contribution >= 0.6 is 11.8 Å². The van der Waals surface area contributed by atoms with Crippen LogP contribution in [0.15, 0.2) is 34.6 Å². The number of amides is 1. The highest BCUT2D eigenvalue weighted by Gasteiger charge is 2.30. The van der Waals surface area contributed by atoms with Gasteiger partial charge in [-0.2, -0.15) is 0 Å². The third-order valence-electron chi connectivity index (χ3n) is 2.86. The lowest BCUT2D eigenvalue weighted by atomic mass is 10.1. The van der Waals surface area contributed by atoms with Gasteiger partial charge < -0.3 is 10.4 Å². The number of benzene rings is 1. The Hall–Kier alpha value is -1.99. The van der Waals surface area contributed by atoms with Crippen molar-refractivity contribution in [2.45, 2.75) is 23.1 Å². The summed E-state index contributed by atoms with van der Waals surface area (Å²) in [6, 6.07) is 2.64. The lowest BCUT2D eigenvalue weighted by Gasteiger charge is -2.06. The van der Waals surface area contributed by atoms with Crippen LogP contribution in [0.3, 0.4) is 0 Å². The molecular weight excluding hydrogens is 281 g/mol. The van der Waals surface area contributed by atoms with Crippen LogP contribution in [0.1, 0.15) is 17.2 Å². The minimum absolute atomic E-state index is 0.252. The van der Waals surface area contributed by atoms with Crippen LogP contribution in [-0.4, -0.2) is 21.0 Å². The van der Waals surface area contributed by atoms with E-state index in [-0.39, 0.29) is 5.56 Å². The molecule has 102 valence electrons. The number of aromatic nitrogens is 2. The number of hydrogen-bond acceptors (Lipinski definition) is 5. The first-order valence-electron chi connectivity index (χ1n) is 5.83. The highest BCUT2D eigenvalue weighted by atomic mass is 32.2. The second kappa shape index (κ2) is 4.84. The van der Waals surface area contributed by atoms with Crippen LogP contribution in [0, 0.1) is 12.7 Å². The second-order valence-corrected chi connectivity index (χ2v) is 5.42. The molecule has 2 heterocycles. The maximum atomic E-state index is 14.0. The number of fused-ring (bicyclic) bond motifs is 1. The summed E-state index contributed by atoms with van der Waals surface area (Å²) in [5.41, 5.74) is 1.58. The fourth-order valence-corrected chi connectivity index (χ4v) is 2.60. The van der Waals surface area contributed by atoms with Gasteiger partial charge >= 0.3 is 0 Å². The van der Waals surface area contributed by atoms with Crippen molar-refractivity contribution in [1.29, 1.82) is 0 Å². The van der Waals surface area contributed by atoms with Crippen LogP contribution in [0.4, 0.5) is 10.1 Å². The summed E-state index contributed by atoms with van der Waals surface area (Å²) in [5, 5.41) is 12.5. The summed E-state index contributed by atoms with van der Waals surface area (Å²) < 4.78 is 14.0. The van der Waals surface area contributed by atoms with Gasteiger partial charge in [0.15, 0.2) is 11.3 Å². The molecule has 7 heteroatoms. The largest absolute Gasteiger partial charge is 0.378 e. The molecule has 0 fully saturated rings. The Morgan fingerprint density at radius 3 is 2.75 bits per heavy atom. The molecule has 1 aliphatic heterocycles. The molecule has 0 spiro atoms. The van der Waals surface area contributed by atoms with E-state index in [1.165, 1.54) is 6.07 Å². The molecule has 2 N–H and O–H groups in total. The first kappa shape index (κ1) is 13.0. The van der Waals surface area contributed by atoms with Crippen molar-refractivity contribution in [3.8, 4) is 0 Å². The van der Waals surface area contributed by atoms with E-state index in [4.69, 9.17) is 0 Å². The van der Waals surface area contributed by atoms with Gasteiger partial charge in [0.05, 0.1) is 4.90 Å². The molecule has 0 radical (unpaired) electrons. The van der Waals surface area contributed by atoms with Gasteiger partial charge in [-0.15, -0.1) is 0 Å². The minimum atomic E-state index is -1.31. The molecule has 1 atom stereocenters. The van der Waals surface area contributed by atoms with Gasteiger partial charge in [-0.25, -0.2) is 14.4 Å². The molecule has 0 saturated carbocycles. The molecule has 1 amide bonds. The van der Waals surface area contributed by atoms with Crippen molar-refractivity contribution in [2.75, 3.05) is 5.32 Å². The second-order valence-electron chi connectivity index (χ2n) is 4.41. The number of hydrogen-bond donors (Lipinski definition) is 2. The Labute approximate surface area is 118 Å². The quantitative estimate of drug-likeness (QED) is 0.828. The van der Waals surface area contributed by atoms with Crippen LogP contribution in [-0.2, 0) is 4.79 Å². The van der Waals surface area contributed by atoms with Gasteiger partial charge in [-0.3, -0.25) is 4.79 Å². The molecule has 2 aromatic rings. The van der Waals surface area contributed by atoms with Crippen LogP contribution in [0.5, 0.6) is 0 Å². The third kappa shape index (κ3) is 2.25. The highest BCUT2D eigenvalue weighted by Crippen LogP contribution is 2.37. The van der Waals surface area contributed by atoms with E-state index in [9.17, 15) is 14.3 Å². The van der Waals surface area contributed by atoms with Gasteiger partial charge in [0, 0.05) is 23.6 Å². The first-order valence-corrected chi connectivity index (χ1v) is 6.65. The third-order valence-corrected chi connectivity index (χ3v) is 3.79. The van der Waals surface area contributed by atoms with Crippen molar-refractivity contribution >= 4 is 23.4 Å². The minimum Gasteiger partial charge on any atom is -0.378 e. The van der Waals surface area contributed by atoms with Crippen LogP contribution in [0.2, 0.25) is 0 Å². The molecule has 0 aliphatic carbocycles. The topological polar surface area (TPSA) is 75.1 Å². The fraction of sp³-hybridized carbons (Fsp3) is 0.154. The van der Waals surface area contributed by atoms with Gasteiger partial charge in [0.1, 0.15) is 5.82 Å². The Morgan fingerprint density at radius 2 is 2.05 bits per heavy atom. The maximum Gasteiger partial charge on any atom is 0.257 e. The first-order chi connectivity index (χ1) is 9.54. The Balaban J connectivity index is 1.94. The number of carbonyl (C=O) groups is 1. The Kier molecular flexibility index (Phi) is 3.15. The lowest BCUT2D eigenvalue weighted by Crippen LogP contribution is -2.10. The van der Waals surface area contributed by atoms with E-state index >= 15 is 0 Å². The van der Waals surface area contributed by atoms with E-state index < -0.39 is 17.8 Å². The zero-order chi connectivity index (χ0) is 14.3. The number of nitrogens with zero attached hydrogens (tertiary/aromatic N) is 2. The number of rotatable bonds is 2. The number of halogens is 1. The fourth-order valence-electron chi connectivity index (χ4n) is 1.86. The summed E-state index contributed by atoms with van der Waals surface area (Å²) in [6.07, 6.45) is 1.98. The van der Waals surface area contributed by atoms with Crippen molar-refractivity contribution in [3.05, 3.63) is 41.5 Å². The zero-order valence-electron chi connectivity index (χ0n) is 10.4. The summed E-state index contributed by atoms with van der Waals surface area (Å²) >= 11 is 1.06. The Morgan fingerprint density at radius 1 is 1.35 bits per heavy atom. The standard InChI is InChI=1S/C13H10FN3O2S/c1-6-4-15-13(16-5-6)20-10-3-9-7(2-8(10)14)11(18)12(19)17-9/h2-5,11,18H,1H3,(H,17,19). The average molecular weight is 291 g/mol. The predicted octanol–water partition coefficient (Wildman–Crippen LogP) is 2.06. The molecule has 0 bridgehead atoms.